The lowest BCUT2D eigenvalue weighted by Gasteiger charge is -2.23. The third-order valence-corrected chi connectivity index (χ3v) is 11.3. The molecule has 170 valence electrons. The number of halogens is 6. The summed E-state index contributed by atoms with van der Waals surface area (Å²) in [5, 5.41) is -0.277. The highest BCUT2D eigenvalue weighted by atomic mass is 35.5. The average Bonchev–Trinajstić information content (AvgIpc) is 2.97. The van der Waals surface area contributed by atoms with Gasteiger partial charge in [-0.05, 0) is 30.7 Å². The van der Waals surface area contributed by atoms with Gasteiger partial charge >= 0.3 is 0 Å². The normalized spacial score (nSPS) is 17.0. The number of hydrogen-bond acceptors (Lipinski definition) is 4. The molecule has 0 aliphatic carbocycles. The van der Waals surface area contributed by atoms with E-state index in [0.29, 0.717) is 0 Å². The van der Waals surface area contributed by atoms with Crippen LogP contribution in [0.3, 0.4) is 0 Å². The van der Waals surface area contributed by atoms with E-state index in [2.05, 4.69) is 0 Å². The Kier molecular flexibility index (Phi) is 8.02. The van der Waals surface area contributed by atoms with Gasteiger partial charge in [0.1, 0.15) is 9.79 Å². The smallest absolute Gasteiger partial charge is 0.207 e. The Labute approximate surface area is 210 Å². The van der Waals surface area contributed by atoms with Gasteiger partial charge in [0.05, 0.1) is 30.1 Å². The standard InChI is InChI=1S/C17H14Cl6N2O4S2/c18-10-2-4-12(16(22)14(10)20)30(26,27)24-6-1-7-25(9-8-24)31(28,29)13-5-3-11(19)15(21)17(13)23/h2-5H,1,6-9H2. The van der Waals surface area contributed by atoms with Crippen LogP contribution in [0.25, 0.3) is 0 Å². The first kappa shape index (κ1) is 25.6. The summed E-state index contributed by atoms with van der Waals surface area (Å²) in [6, 6.07) is 5.20. The van der Waals surface area contributed by atoms with Crippen molar-refractivity contribution < 1.29 is 16.8 Å². The molecule has 0 N–H and O–H groups in total. The van der Waals surface area contributed by atoms with Crippen molar-refractivity contribution in [3.05, 3.63) is 54.4 Å². The molecular formula is C17H14Cl6N2O4S2. The van der Waals surface area contributed by atoms with E-state index < -0.39 is 20.0 Å². The van der Waals surface area contributed by atoms with Crippen molar-refractivity contribution in [1.82, 2.24) is 8.61 Å². The van der Waals surface area contributed by atoms with E-state index in [9.17, 15) is 16.8 Å². The van der Waals surface area contributed by atoms with Crippen LogP contribution in [0.15, 0.2) is 34.1 Å². The zero-order valence-corrected chi connectivity index (χ0v) is 21.6. The van der Waals surface area contributed by atoms with Gasteiger partial charge in [0, 0.05) is 26.2 Å². The summed E-state index contributed by atoms with van der Waals surface area (Å²) in [4.78, 5) is -0.403. The Morgan fingerprint density at radius 1 is 0.548 bits per heavy atom. The first-order valence-electron chi connectivity index (χ1n) is 8.66. The summed E-state index contributed by atoms with van der Waals surface area (Å²) < 4.78 is 54.7. The van der Waals surface area contributed by atoms with Gasteiger partial charge in [-0.15, -0.1) is 0 Å². The van der Waals surface area contributed by atoms with E-state index >= 15 is 0 Å². The monoisotopic (exact) mass is 584 g/mol. The first-order valence-corrected chi connectivity index (χ1v) is 13.8. The van der Waals surface area contributed by atoms with Gasteiger partial charge in [-0.1, -0.05) is 69.6 Å². The number of benzene rings is 2. The van der Waals surface area contributed by atoms with Gasteiger partial charge in [0.15, 0.2) is 0 Å². The van der Waals surface area contributed by atoms with Crippen molar-refractivity contribution in [2.75, 3.05) is 26.2 Å². The summed E-state index contributed by atoms with van der Waals surface area (Å²) in [5.74, 6) is 0. The lowest BCUT2D eigenvalue weighted by molar-refractivity contribution is 0.404. The zero-order valence-electron chi connectivity index (χ0n) is 15.5. The minimum Gasteiger partial charge on any atom is -0.207 e. The number of nitrogens with zero attached hydrogens (tertiary/aromatic N) is 2. The summed E-state index contributed by atoms with van der Waals surface area (Å²) in [7, 11) is -8.07. The van der Waals surface area contributed by atoms with Gasteiger partial charge in [0.2, 0.25) is 20.0 Å². The fraction of sp³-hybridized carbons (Fsp3) is 0.294. The molecule has 1 fully saturated rings. The predicted octanol–water partition coefficient (Wildman–Crippen LogP) is 5.69. The molecule has 6 nitrogen and oxygen atoms in total. The fourth-order valence-electron chi connectivity index (χ4n) is 3.04. The lowest BCUT2D eigenvalue weighted by atomic mass is 10.4. The Morgan fingerprint density at radius 2 is 0.903 bits per heavy atom. The summed E-state index contributed by atoms with van der Waals surface area (Å²) in [6.07, 6.45) is 0.246. The maximum Gasteiger partial charge on any atom is 0.244 e. The highest BCUT2D eigenvalue weighted by molar-refractivity contribution is 7.89. The second kappa shape index (κ2) is 9.70. The molecule has 31 heavy (non-hydrogen) atoms. The van der Waals surface area contributed by atoms with Crippen LogP contribution >= 0.6 is 69.6 Å². The van der Waals surface area contributed by atoms with Crippen molar-refractivity contribution in [3.63, 3.8) is 0 Å². The fourth-order valence-corrected chi connectivity index (χ4v) is 7.89. The molecule has 0 unspecified atom stereocenters. The molecule has 0 amide bonds. The number of hydrogen-bond donors (Lipinski definition) is 0. The van der Waals surface area contributed by atoms with Crippen LogP contribution in [0.5, 0.6) is 0 Å². The Balaban J connectivity index is 1.89. The molecule has 0 radical (unpaired) electrons. The Bertz CT molecular complexity index is 1140. The van der Waals surface area contributed by atoms with Crippen molar-refractivity contribution in [2.45, 2.75) is 16.2 Å². The molecule has 3 rings (SSSR count). The molecule has 1 aliphatic rings. The third kappa shape index (κ3) is 4.94. The second-order valence-corrected chi connectivity index (χ2v) is 12.6. The Morgan fingerprint density at radius 3 is 1.26 bits per heavy atom. The highest BCUT2D eigenvalue weighted by Crippen LogP contribution is 2.38. The minimum atomic E-state index is -4.04. The van der Waals surface area contributed by atoms with E-state index in [1.165, 1.54) is 24.3 Å². The van der Waals surface area contributed by atoms with Crippen LogP contribution in [-0.4, -0.2) is 51.6 Å². The van der Waals surface area contributed by atoms with Gasteiger partial charge in [0.25, 0.3) is 0 Å². The van der Waals surface area contributed by atoms with Crippen LogP contribution in [0.1, 0.15) is 6.42 Å². The van der Waals surface area contributed by atoms with Crippen molar-refractivity contribution >= 4 is 89.7 Å². The van der Waals surface area contributed by atoms with E-state index in [0.717, 1.165) is 8.61 Å². The van der Waals surface area contributed by atoms with Crippen LogP contribution in [-0.2, 0) is 20.0 Å². The van der Waals surface area contributed by atoms with E-state index in [1.807, 2.05) is 0 Å². The maximum atomic E-state index is 13.1. The molecule has 1 saturated heterocycles. The minimum absolute atomic E-state index is 0.0716. The van der Waals surface area contributed by atoms with Gasteiger partial charge in [-0.25, -0.2) is 16.8 Å². The molecule has 1 aliphatic heterocycles. The third-order valence-electron chi connectivity index (χ3n) is 4.65. The largest absolute Gasteiger partial charge is 0.244 e. The van der Waals surface area contributed by atoms with Gasteiger partial charge in [-0.3, -0.25) is 0 Å². The SMILES string of the molecule is O=S(=O)(c1ccc(Cl)c(Cl)c1Cl)N1CCCN(S(=O)(=O)c2ccc(Cl)c(Cl)c2Cl)CC1. The average molecular weight is 587 g/mol. The summed E-state index contributed by atoms with van der Waals surface area (Å²) in [5.41, 5.74) is 0. The van der Waals surface area contributed by atoms with Crippen molar-refractivity contribution in [1.29, 1.82) is 0 Å². The Hall–Kier alpha value is -0.000000000000000278. The van der Waals surface area contributed by atoms with Crippen molar-refractivity contribution in [3.8, 4) is 0 Å². The van der Waals surface area contributed by atoms with Crippen LogP contribution < -0.4 is 0 Å². The zero-order chi connectivity index (χ0) is 23.1. The molecule has 1 heterocycles. The van der Waals surface area contributed by atoms with Gasteiger partial charge < -0.3 is 0 Å². The summed E-state index contributed by atoms with van der Waals surface area (Å²) in [6.45, 7) is -0.0335. The van der Waals surface area contributed by atoms with E-state index in [-0.39, 0.29) is 72.5 Å². The molecule has 0 bridgehead atoms. The second-order valence-electron chi connectivity index (χ2n) is 6.51. The van der Waals surface area contributed by atoms with Gasteiger partial charge in [-0.2, -0.15) is 8.61 Å². The molecule has 14 heteroatoms. The lowest BCUT2D eigenvalue weighted by Crippen LogP contribution is -2.37. The molecule has 0 atom stereocenters. The number of sulfonamides is 2. The first-order chi connectivity index (χ1) is 14.4. The molecular weight excluding hydrogens is 573 g/mol. The molecule has 2 aromatic rings. The molecule has 2 aromatic carbocycles. The highest BCUT2D eigenvalue weighted by Gasteiger charge is 2.34. The maximum absolute atomic E-state index is 13.1. The number of rotatable bonds is 4. The summed E-state index contributed by atoms with van der Waals surface area (Å²) >= 11 is 35.9. The molecule has 0 aromatic heterocycles. The van der Waals surface area contributed by atoms with Crippen LogP contribution in [0, 0.1) is 0 Å². The molecule has 0 saturated carbocycles. The van der Waals surface area contributed by atoms with Crippen LogP contribution in [0.2, 0.25) is 30.1 Å². The quantitative estimate of drug-likeness (QED) is 0.431. The molecule has 0 spiro atoms. The van der Waals surface area contributed by atoms with E-state index in [1.54, 1.807) is 0 Å². The predicted molar refractivity (Wildman–Crippen MR) is 125 cm³/mol. The van der Waals surface area contributed by atoms with E-state index in [4.69, 9.17) is 69.6 Å². The van der Waals surface area contributed by atoms with Crippen molar-refractivity contribution in [2.24, 2.45) is 0 Å². The topological polar surface area (TPSA) is 74.8 Å². The van der Waals surface area contributed by atoms with Crippen LogP contribution in [0.4, 0.5) is 0 Å².